The average Bonchev–Trinajstić information content (AvgIpc) is 1.98. The van der Waals surface area contributed by atoms with Crippen LogP contribution in [-0.2, 0) is 6.18 Å². The monoisotopic (exact) mass is 261 g/mol. The number of aromatic nitrogens is 1. The van der Waals surface area contributed by atoms with Crippen LogP contribution in [0.5, 0.6) is 0 Å². The largest absolute Gasteiger partial charge is 0.419 e. The number of nitrogens with zero attached hydrogens (tertiary/aromatic N) is 1. The highest BCUT2D eigenvalue weighted by atomic mass is 79.9. The third-order valence-corrected chi connectivity index (χ3v) is 2.00. The molecule has 13 heavy (non-hydrogen) atoms. The van der Waals surface area contributed by atoms with Crippen molar-refractivity contribution in [2.75, 3.05) is 0 Å². The summed E-state index contributed by atoms with van der Waals surface area (Å²) < 4.78 is 59.8. The Bertz CT molecular complexity index is 335. The van der Waals surface area contributed by atoms with Crippen molar-refractivity contribution in [3.05, 3.63) is 28.0 Å². The van der Waals surface area contributed by atoms with E-state index < -0.39 is 28.0 Å². The molecule has 0 fully saturated rings. The maximum absolute atomic E-state index is 12.5. The highest BCUT2D eigenvalue weighted by Crippen LogP contribution is 2.35. The van der Waals surface area contributed by atoms with Gasteiger partial charge in [0.1, 0.15) is 0 Å². The molecule has 0 atom stereocenters. The third kappa shape index (κ3) is 1.96. The average molecular weight is 262 g/mol. The van der Waals surface area contributed by atoms with Gasteiger partial charge in [-0.15, -0.1) is 0 Å². The Balaban J connectivity index is 3.35. The molecule has 0 saturated heterocycles. The van der Waals surface area contributed by atoms with Crippen molar-refractivity contribution in [3.8, 4) is 0 Å². The van der Waals surface area contributed by atoms with E-state index in [0.717, 1.165) is 0 Å². The highest BCUT2D eigenvalue weighted by Gasteiger charge is 2.35. The second kappa shape index (κ2) is 3.21. The molecule has 0 N–H and O–H groups in total. The first-order valence-electron chi connectivity index (χ1n) is 2.90. The van der Waals surface area contributed by atoms with Gasteiger partial charge in [0, 0.05) is 6.20 Å². The topological polar surface area (TPSA) is 12.9 Å². The van der Waals surface area contributed by atoms with Crippen LogP contribution < -0.4 is 0 Å². The van der Waals surface area contributed by atoms with Crippen LogP contribution in [0.4, 0.5) is 22.0 Å². The van der Waals surface area contributed by atoms with E-state index in [0.29, 0.717) is 0 Å². The van der Waals surface area contributed by atoms with Gasteiger partial charge < -0.3 is 0 Å². The van der Waals surface area contributed by atoms with E-state index in [4.69, 9.17) is 0 Å². The van der Waals surface area contributed by atoms with E-state index in [1.54, 1.807) is 0 Å². The van der Waals surface area contributed by atoms with Crippen LogP contribution in [0.15, 0.2) is 10.7 Å². The number of hydrogen-bond donors (Lipinski definition) is 0. The number of pyridine rings is 1. The molecule has 0 aliphatic rings. The zero-order valence-corrected chi connectivity index (χ0v) is 7.38. The molecule has 1 aromatic rings. The summed E-state index contributed by atoms with van der Waals surface area (Å²) in [7, 11) is 0. The molecular formula is C6HBrF5N. The van der Waals surface area contributed by atoms with Gasteiger partial charge in [-0.05, 0) is 15.9 Å². The number of rotatable bonds is 0. The maximum atomic E-state index is 12.5. The molecule has 1 nitrogen and oxygen atoms in total. The van der Waals surface area contributed by atoms with E-state index in [1.807, 2.05) is 0 Å². The first-order valence-corrected chi connectivity index (χ1v) is 3.70. The fraction of sp³-hybridized carbons (Fsp3) is 0.167. The van der Waals surface area contributed by atoms with Gasteiger partial charge in [0.2, 0.25) is 5.95 Å². The summed E-state index contributed by atoms with van der Waals surface area (Å²) in [4.78, 5) is 2.61. The van der Waals surface area contributed by atoms with Crippen LogP contribution in [0, 0.1) is 11.8 Å². The summed E-state index contributed by atoms with van der Waals surface area (Å²) in [5.41, 5.74) is -1.34. The van der Waals surface area contributed by atoms with E-state index in [9.17, 15) is 22.0 Å². The van der Waals surface area contributed by atoms with Crippen LogP contribution in [-0.4, -0.2) is 4.98 Å². The molecule has 0 aromatic carbocycles. The summed E-state index contributed by atoms with van der Waals surface area (Å²) >= 11 is 2.29. The van der Waals surface area contributed by atoms with Crippen molar-refractivity contribution in [3.63, 3.8) is 0 Å². The molecule has 0 radical (unpaired) electrons. The molecule has 1 heterocycles. The molecule has 0 unspecified atom stereocenters. The van der Waals surface area contributed by atoms with Gasteiger partial charge in [-0.1, -0.05) is 0 Å². The molecule has 1 aromatic heterocycles. The predicted octanol–water partition coefficient (Wildman–Crippen LogP) is 3.14. The van der Waals surface area contributed by atoms with Crippen LogP contribution in [0.25, 0.3) is 0 Å². The van der Waals surface area contributed by atoms with Crippen molar-refractivity contribution >= 4 is 15.9 Å². The SMILES string of the molecule is Fc1ncc(C(F)(F)F)c(Br)c1F. The third-order valence-electron chi connectivity index (χ3n) is 1.22. The van der Waals surface area contributed by atoms with Gasteiger partial charge in [-0.25, -0.2) is 9.37 Å². The van der Waals surface area contributed by atoms with E-state index >= 15 is 0 Å². The van der Waals surface area contributed by atoms with Crippen molar-refractivity contribution in [1.82, 2.24) is 4.98 Å². The van der Waals surface area contributed by atoms with Crippen molar-refractivity contribution < 1.29 is 22.0 Å². The molecule has 0 amide bonds. The summed E-state index contributed by atoms with van der Waals surface area (Å²) in [6, 6.07) is 0. The first-order chi connectivity index (χ1) is 5.84. The molecular weight excluding hydrogens is 261 g/mol. The maximum Gasteiger partial charge on any atom is 0.419 e. The number of alkyl halides is 3. The van der Waals surface area contributed by atoms with Gasteiger partial charge in [0.05, 0.1) is 10.0 Å². The van der Waals surface area contributed by atoms with E-state index in [-0.39, 0.29) is 6.20 Å². The van der Waals surface area contributed by atoms with Gasteiger partial charge in [0.15, 0.2) is 5.82 Å². The lowest BCUT2D eigenvalue weighted by Crippen LogP contribution is -2.09. The fourth-order valence-electron chi connectivity index (χ4n) is 0.641. The zero-order valence-electron chi connectivity index (χ0n) is 5.79. The Labute approximate surface area is 77.7 Å². The van der Waals surface area contributed by atoms with Gasteiger partial charge in [-0.2, -0.15) is 17.6 Å². The van der Waals surface area contributed by atoms with Gasteiger partial charge in [0.25, 0.3) is 0 Å². The molecule has 0 aliphatic heterocycles. The van der Waals surface area contributed by atoms with Gasteiger partial charge in [-0.3, -0.25) is 0 Å². The second-order valence-corrected chi connectivity index (χ2v) is 2.88. The van der Waals surface area contributed by atoms with Gasteiger partial charge >= 0.3 is 6.18 Å². The summed E-state index contributed by atoms with van der Waals surface area (Å²) in [5.74, 6) is -3.21. The van der Waals surface area contributed by atoms with Crippen molar-refractivity contribution in [1.29, 1.82) is 0 Å². The lowest BCUT2D eigenvalue weighted by molar-refractivity contribution is -0.138. The highest BCUT2D eigenvalue weighted by molar-refractivity contribution is 9.10. The molecule has 7 heteroatoms. The van der Waals surface area contributed by atoms with Crippen molar-refractivity contribution in [2.24, 2.45) is 0 Å². The second-order valence-electron chi connectivity index (χ2n) is 2.09. The minimum Gasteiger partial charge on any atom is -0.225 e. The zero-order chi connectivity index (χ0) is 10.2. The van der Waals surface area contributed by atoms with E-state index in [1.165, 1.54) is 0 Å². The summed E-state index contributed by atoms with van der Waals surface area (Å²) in [5, 5.41) is 0. The summed E-state index contributed by atoms with van der Waals surface area (Å²) in [6.45, 7) is 0. The molecule has 72 valence electrons. The van der Waals surface area contributed by atoms with Crippen molar-refractivity contribution in [2.45, 2.75) is 6.18 Å². The normalized spacial score (nSPS) is 11.8. The predicted molar refractivity (Wildman–Crippen MR) is 36.9 cm³/mol. The minimum absolute atomic E-state index is 0.225. The Morgan fingerprint density at radius 3 is 2.23 bits per heavy atom. The molecule has 1 rings (SSSR count). The van der Waals surface area contributed by atoms with Crippen LogP contribution in [0.1, 0.15) is 5.56 Å². The Hall–Kier alpha value is -0.720. The Morgan fingerprint density at radius 2 is 1.77 bits per heavy atom. The Morgan fingerprint density at radius 1 is 1.23 bits per heavy atom. The number of hydrogen-bond acceptors (Lipinski definition) is 1. The first kappa shape index (κ1) is 10.4. The molecule has 0 bridgehead atoms. The van der Waals surface area contributed by atoms with Crippen LogP contribution >= 0.6 is 15.9 Å². The number of halogens is 6. The molecule has 0 spiro atoms. The quantitative estimate of drug-likeness (QED) is 0.517. The Kier molecular flexibility index (Phi) is 2.56. The standard InChI is InChI=1S/C6HBrF5N/c7-3-2(6(10,11)12)1-13-5(9)4(3)8/h1H. The smallest absolute Gasteiger partial charge is 0.225 e. The summed E-state index contributed by atoms with van der Waals surface area (Å²) in [6.07, 6.45) is -4.52. The van der Waals surface area contributed by atoms with Crippen LogP contribution in [0.2, 0.25) is 0 Å². The lowest BCUT2D eigenvalue weighted by Gasteiger charge is -2.08. The lowest BCUT2D eigenvalue weighted by atomic mass is 10.3. The molecule has 0 aliphatic carbocycles. The van der Waals surface area contributed by atoms with Crippen LogP contribution in [0.3, 0.4) is 0 Å². The molecule has 0 saturated carbocycles. The fourth-order valence-corrected chi connectivity index (χ4v) is 1.13. The van der Waals surface area contributed by atoms with E-state index in [2.05, 4.69) is 20.9 Å². The minimum atomic E-state index is -4.75.